The topological polar surface area (TPSA) is 46.5 Å². The van der Waals surface area contributed by atoms with E-state index in [1.165, 1.54) is 0 Å². The first-order chi connectivity index (χ1) is 5.72. The third-order valence-electron chi connectivity index (χ3n) is 1.16. The lowest BCUT2D eigenvalue weighted by molar-refractivity contribution is -0.140. The summed E-state index contributed by atoms with van der Waals surface area (Å²) in [5.41, 5.74) is 0. The monoisotopic (exact) mass is 176 g/mol. The van der Waals surface area contributed by atoms with Crippen molar-refractivity contribution < 1.29 is 19.0 Å². The molecule has 0 aliphatic heterocycles. The molecule has 0 heterocycles. The summed E-state index contributed by atoms with van der Waals surface area (Å²) in [7, 11) is 0. The van der Waals surface area contributed by atoms with Crippen LogP contribution in [0.4, 0.5) is 4.39 Å². The van der Waals surface area contributed by atoms with Gasteiger partial charge in [0, 0.05) is 6.61 Å². The van der Waals surface area contributed by atoms with E-state index < -0.39 is 11.8 Å². The summed E-state index contributed by atoms with van der Waals surface area (Å²) in [4.78, 5) is 10.6. The third-order valence-corrected chi connectivity index (χ3v) is 1.16. The van der Waals surface area contributed by atoms with Gasteiger partial charge in [0.2, 0.25) is 5.83 Å². The maximum atomic E-state index is 12.6. The average Bonchev–Trinajstić information content (AvgIpc) is 2.05. The molecule has 0 bridgehead atoms. The Hall–Kier alpha value is -0.900. The van der Waals surface area contributed by atoms with Gasteiger partial charge in [-0.1, -0.05) is 0 Å². The van der Waals surface area contributed by atoms with E-state index in [1.54, 1.807) is 6.92 Å². The molecule has 0 fully saturated rings. The third kappa shape index (κ3) is 4.85. The molecule has 1 N–H and O–H groups in total. The molecule has 0 aromatic rings. The summed E-state index contributed by atoms with van der Waals surface area (Å²) in [6.45, 7) is 1.77. The number of allylic oxidation sites excluding steroid dienone is 1. The SMILES string of the molecule is CCOC(=O)C(F)=CCCCO. The fourth-order valence-electron chi connectivity index (χ4n) is 0.603. The minimum atomic E-state index is -0.935. The van der Waals surface area contributed by atoms with Crippen molar-refractivity contribution in [2.45, 2.75) is 19.8 Å². The maximum Gasteiger partial charge on any atom is 0.366 e. The minimum absolute atomic E-state index is 0.00734. The molecule has 3 nitrogen and oxygen atoms in total. The van der Waals surface area contributed by atoms with E-state index in [9.17, 15) is 9.18 Å². The highest BCUT2D eigenvalue weighted by Crippen LogP contribution is 2.02. The van der Waals surface area contributed by atoms with Gasteiger partial charge in [0.1, 0.15) is 0 Å². The summed E-state index contributed by atoms with van der Waals surface area (Å²) in [6, 6.07) is 0. The van der Waals surface area contributed by atoms with E-state index in [0.717, 1.165) is 6.08 Å². The molecule has 0 aliphatic carbocycles. The molecule has 0 saturated carbocycles. The Balaban J connectivity index is 3.74. The van der Waals surface area contributed by atoms with E-state index in [4.69, 9.17) is 5.11 Å². The second-order valence-corrected chi connectivity index (χ2v) is 2.14. The molecule has 0 saturated heterocycles. The lowest BCUT2D eigenvalue weighted by Gasteiger charge is -1.97. The number of ether oxygens (including phenoxy) is 1. The second kappa shape index (κ2) is 6.79. The first-order valence-corrected chi connectivity index (χ1v) is 3.86. The smallest absolute Gasteiger partial charge is 0.366 e. The van der Waals surface area contributed by atoms with Crippen LogP contribution in [0.15, 0.2) is 11.9 Å². The molecular weight excluding hydrogens is 163 g/mol. The average molecular weight is 176 g/mol. The van der Waals surface area contributed by atoms with Crippen LogP contribution >= 0.6 is 0 Å². The molecule has 0 rings (SSSR count). The molecular formula is C8H13FO3. The van der Waals surface area contributed by atoms with E-state index in [1.807, 2.05) is 0 Å². The van der Waals surface area contributed by atoms with Gasteiger partial charge in [-0.3, -0.25) is 0 Å². The summed E-state index contributed by atoms with van der Waals surface area (Å²) >= 11 is 0. The fourth-order valence-corrected chi connectivity index (χ4v) is 0.603. The Morgan fingerprint density at radius 1 is 1.67 bits per heavy atom. The number of hydrogen-bond acceptors (Lipinski definition) is 3. The summed E-state index contributed by atoms with van der Waals surface area (Å²) in [5, 5.41) is 8.35. The van der Waals surface area contributed by atoms with Crippen molar-refractivity contribution in [3.05, 3.63) is 11.9 Å². The summed E-state index contributed by atoms with van der Waals surface area (Å²) in [6.07, 6.45) is 1.92. The van der Waals surface area contributed by atoms with Crippen molar-refractivity contribution in [3.8, 4) is 0 Å². The van der Waals surface area contributed by atoms with Gasteiger partial charge in [0.25, 0.3) is 0 Å². The van der Waals surface area contributed by atoms with E-state index in [2.05, 4.69) is 4.74 Å². The Kier molecular flexibility index (Phi) is 6.28. The van der Waals surface area contributed by atoms with Crippen LogP contribution in [-0.2, 0) is 9.53 Å². The zero-order valence-corrected chi connectivity index (χ0v) is 7.05. The highest BCUT2D eigenvalue weighted by Gasteiger charge is 2.07. The minimum Gasteiger partial charge on any atom is -0.461 e. The zero-order chi connectivity index (χ0) is 9.40. The van der Waals surface area contributed by atoms with Crippen LogP contribution in [0.25, 0.3) is 0 Å². The first kappa shape index (κ1) is 11.1. The first-order valence-electron chi connectivity index (χ1n) is 3.86. The van der Waals surface area contributed by atoms with Crippen molar-refractivity contribution in [2.75, 3.05) is 13.2 Å². The molecule has 0 aromatic heterocycles. The largest absolute Gasteiger partial charge is 0.461 e. The van der Waals surface area contributed by atoms with Gasteiger partial charge in [-0.15, -0.1) is 0 Å². The van der Waals surface area contributed by atoms with Crippen molar-refractivity contribution in [1.29, 1.82) is 0 Å². The van der Waals surface area contributed by atoms with Gasteiger partial charge in [0.05, 0.1) is 6.61 Å². The van der Waals surface area contributed by atoms with Crippen LogP contribution in [0.2, 0.25) is 0 Å². The molecule has 0 radical (unpaired) electrons. The number of unbranched alkanes of at least 4 members (excludes halogenated alkanes) is 1. The lowest BCUT2D eigenvalue weighted by atomic mass is 10.3. The van der Waals surface area contributed by atoms with Crippen molar-refractivity contribution in [2.24, 2.45) is 0 Å². The van der Waals surface area contributed by atoms with Gasteiger partial charge < -0.3 is 9.84 Å². The summed E-state index contributed by atoms with van der Waals surface area (Å²) in [5.74, 6) is -1.82. The Morgan fingerprint density at radius 3 is 2.83 bits per heavy atom. The molecule has 0 unspecified atom stereocenters. The molecule has 0 atom stereocenters. The van der Waals surface area contributed by atoms with Crippen LogP contribution in [-0.4, -0.2) is 24.3 Å². The number of hydrogen-bond donors (Lipinski definition) is 1. The molecule has 12 heavy (non-hydrogen) atoms. The number of carbonyl (C=O) groups excluding carboxylic acids is 1. The molecule has 70 valence electrons. The van der Waals surface area contributed by atoms with Gasteiger partial charge in [-0.25, -0.2) is 4.79 Å². The second-order valence-electron chi connectivity index (χ2n) is 2.14. The quantitative estimate of drug-likeness (QED) is 0.388. The number of aliphatic hydroxyl groups excluding tert-OH is 1. The zero-order valence-electron chi connectivity index (χ0n) is 7.05. The predicted octanol–water partition coefficient (Wildman–Crippen LogP) is 1.18. The van der Waals surface area contributed by atoms with Crippen LogP contribution in [0, 0.1) is 0 Å². The Labute approximate surface area is 70.8 Å². The maximum absolute atomic E-state index is 12.6. The van der Waals surface area contributed by atoms with Crippen molar-refractivity contribution >= 4 is 5.97 Å². The van der Waals surface area contributed by atoms with Gasteiger partial charge in [-0.05, 0) is 25.8 Å². The van der Waals surface area contributed by atoms with Gasteiger partial charge >= 0.3 is 5.97 Å². The molecule has 0 amide bonds. The lowest BCUT2D eigenvalue weighted by Crippen LogP contribution is -2.04. The number of halogens is 1. The highest BCUT2D eigenvalue weighted by molar-refractivity contribution is 5.85. The van der Waals surface area contributed by atoms with Crippen molar-refractivity contribution in [3.63, 3.8) is 0 Å². The van der Waals surface area contributed by atoms with Gasteiger partial charge in [0.15, 0.2) is 0 Å². The molecule has 0 aromatic carbocycles. The van der Waals surface area contributed by atoms with E-state index in [-0.39, 0.29) is 13.2 Å². The highest BCUT2D eigenvalue weighted by atomic mass is 19.1. The van der Waals surface area contributed by atoms with Crippen molar-refractivity contribution in [1.82, 2.24) is 0 Å². The Bertz CT molecular complexity index is 166. The normalized spacial score (nSPS) is 11.4. The Morgan fingerprint density at radius 2 is 2.33 bits per heavy atom. The molecule has 4 heteroatoms. The number of esters is 1. The fraction of sp³-hybridized carbons (Fsp3) is 0.625. The predicted molar refractivity (Wildman–Crippen MR) is 42.1 cm³/mol. The number of rotatable bonds is 5. The number of carbonyl (C=O) groups is 1. The van der Waals surface area contributed by atoms with Crippen LogP contribution < -0.4 is 0 Å². The van der Waals surface area contributed by atoms with Crippen LogP contribution in [0.5, 0.6) is 0 Å². The molecule has 0 aliphatic rings. The molecule has 0 spiro atoms. The van der Waals surface area contributed by atoms with Crippen LogP contribution in [0.3, 0.4) is 0 Å². The van der Waals surface area contributed by atoms with Crippen LogP contribution in [0.1, 0.15) is 19.8 Å². The van der Waals surface area contributed by atoms with E-state index in [0.29, 0.717) is 12.8 Å². The summed E-state index contributed by atoms with van der Waals surface area (Å²) < 4.78 is 17.0. The number of aliphatic hydroxyl groups is 1. The van der Waals surface area contributed by atoms with E-state index >= 15 is 0 Å². The standard InChI is InChI=1S/C8H13FO3/c1-2-12-8(11)7(9)5-3-4-6-10/h5,10H,2-4,6H2,1H3. The van der Waals surface area contributed by atoms with Gasteiger partial charge in [-0.2, -0.15) is 4.39 Å².